The van der Waals surface area contributed by atoms with E-state index in [0.717, 1.165) is 16.7 Å². The number of nitrogens with zero attached hydrogens (tertiary/aromatic N) is 6. The van der Waals surface area contributed by atoms with Gasteiger partial charge in [0.25, 0.3) is 0 Å². The molecular formula is C46H50N6O14. The van der Waals surface area contributed by atoms with Crippen LogP contribution in [-0.4, -0.2) is 126 Å². The number of ether oxygens (including phenoxy) is 10. The molecule has 4 aliphatic heterocycles. The highest BCUT2D eigenvalue weighted by molar-refractivity contribution is 5.73. The number of azide groups is 2. The summed E-state index contributed by atoms with van der Waals surface area (Å²) in [5, 5.41) is 41.1. The van der Waals surface area contributed by atoms with E-state index >= 15 is 0 Å². The molecule has 4 heterocycles. The molecule has 3 N–H and O–H groups in total. The maximum Gasteiger partial charge on any atom is 0.335 e. The van der Waals surface area contributed by atoms with Crippen molar-refractivity contribution in [1.29, 1.82) is 0 Å². The van der Waals surface area contributed by atoms with Crippen LogP contribution in [0.2, 0.25) is 0 Å². The molecule has 15 unspecified atom stereocenters. The second-order valence-electron chi connectivity index (χ2n) is 16.0. The third kappa shape index (κ3) is 11.2. The molecule has 20 heteroatoms. The van der Waals surface area contributed by atoms with Crippen LogP contribution >= 0.6 is 0 Å². The first-order valence-corrected chi connectivity index (χ1v) is 21.5. The molecule has 2 bridgehead atoms. The topological polar surface area (TPSA) is 268 Å². The van der Waals surface area contributed by atoms with Gasteiger partial charge in [-0.2, -0.15) is 0 Å². The van der Waals surface area contributed by atoms with Gasteiger partial charge in [-0.15, -0.1) is 0 Å². The maximum absolute atomic E-state index is 13.5. The van der Waals surface area contributed by atoms with Gasteiger partial charge in [-0.25, -0.2) is 4.79 Å². The van der Waals surface area contributed by atoms with Crippen molar-refractivity contribution in [3.05, 3.63) is 164 Å². The van der Waals surface area contributed by atoms with E-state index < -0.39 is 105 Å². The van der Waals surface area contributed by atoms with E-state index in [1.165, 1.54) is 0 Å². The van der Waals surface area contributed by atoms with Crippen molar-refractivity contribution >= 4 is 5.97 Å². The molecule has 4 saturated heterocycles. The first-order valence-electron chi connectivity index (χ1n) is 21.5. The number of fused-ring (bicyclic) bond motifs is 2. The fourth-order valence-corrected chi connectivity index (χ4v) is 8.45. The number of hydrogen-bond donors (Lipinski definition) is 3. The molecule has 0 radical (unpaired) electrons. The Labute approximate surface area is 379 Å². The van der Waals surface area contributed by atoms with Crippen molar-refractivity contribution in [2.75, 3.05) is 13.2 Å². The van der Waals surface area contributed by atoms with Crippen molar-refractivity contribution in [3.8, 4) is 0 Å². The molecule has 66 heavy (non-hydrogen) atoms. The third-order valence-electron chi connectivity index (χ3n) is 11.7. The Kier molecular flexibility index (Phi) is 16.2. The number of carboxylic acid groups (broad SMARTS) is 1. The van der Waals surface area contributed by atoms with Crippen molar-refractivity contribution in [2.24, 2.45) is 10.2 Å². The Hall–Kier alpha value is -5.51. The van der Waals surface area contributed by atoms with Crippen LogP contribution < -0.4 is 0 Å². The highest BCUT2D eigenvalue weighted by atomic mass is 16.8. The summed E-state index contributed by atoms with van der Waals surface area (Å²) in [5.74, 6) is -1.50. The van der Waals surface area contributed by atoms with Crippen LogP contribution in [0.15, 0.2) is 132 Å². The lowest BCUT2D eigenvalue weighted by molar-refractivity contribution is -0.365. The van der Waals surface area contributed by atoms with Gasteiger partial charge in [-0.1, -0.05) is 132 Å². The molecule has 20 nitrogen and oxygen atoms in total. The van der Waals surface area contributed by atoms with Crippen LogP contribution in [0.5, 0.6) is 0 Å². The number of carboxylic acids is 1. The highest BCUT2D eigenvalue weighted by Gasteiger charge is 2.58. The lowest BCUT2D eigenvalue weighted by Crippen LogP contribution is -2.67. The summed E-state index contributed by atoms with van der Waals surface area (Å²) >= 11 is 0. The lowest BCUT2D eigenvalue weighted by Gasteiger charge is -2.49. The van der Waals surface area contributed by atoms with Gasteiger partial charge >= 0.3 is 5.97 Å². The third-order valence-corrected chi connectivity index (χ3v) is 11.7. The molecule has 15 atom stereocenters. The predicted molar refractivity (Wildman–Crippen MR) is 228 cm³/mol. The van der Waals surface area contributed by atoms with Gasteiger partial charge in [-0.3, -0.25) is 0 Å². The van der Waals surface area contributed by atoms with Crippen LogP contribution in [-0.2, 0) is 78.6 Å². The van der Waals surface area contributed by atoms with Crippen LogP contribution in [0.1, 0.15) is 22.3 Å². The number of rotatable bonds is 20. The molecule has 4 aromatic rings. The van der Waals surface area contributed by atoms with Gasteiger partial charge in [-0.05, 0) is 33.3 Å². The van der Waals surface area contributed by atoms with Gasteiger partial charge in [0, 0.05) is 9.82 Å². The van der Waals surface area contributed by atoms with Gasteiger partial charge in [0.05, 0.1) is 45.7 Å². The van der Waals surface area contributed by atoms with Crippen molar-refractivity contribution in [2.45, 2.75) is 118 Å². The molecule has 348 valence electrons. The standard InChI is InChI=1S/C46H50N6O14/c47-51-49-33-35(54)36(32-26-61-44(33)63-32)64-46-42(60-25-30-19-11-4-12-20-30)39(59-24-29-17-9-3-10-18-29)40(41(66-46)43(55)56)65-45-34(50-52-48)38(58-23-28-15-7-2-8-16-28)37(31(21-53)62-45)57-22-27-13-5-1-6-14-27/h1-20,31-42,44-46,53-54H,21-26H2,(H,55,56). The normalized spacial score (nSPS) is 32.7. The minimum absolute atomic E-state index is 0.0323. The van der Waals surface area contributed by atoms with Gasteiger partial charge in [0.1, 0.15) is 60.9 Å². The highest BCUT2D eigenvalue weighted by Crippen LogP contribution is 2.39. The van der Waals surface area contributed by atoms with Crippen molar-refractivity contribution in [1.82, 2.24) is 0 Å². The van der Waals surface area contributed by atoms with E-state index in [1.807, 2.05) is 121 Å². The number of aliphatic hydroxyl groups excluding tert-OH is 2. The maximum atomic E-state index is 13.5. The zero-order valence-electron chi connectivity index (χ0n) is 35.5. The van der Waals surface area contributed by atoms with Crippen molar-refractivity contribution < 1.29 is 67.5 Å². The zero-order chi connectivity index (χ0) is 45.8. The number of aliphatic hydroxyl groups is 2. The molecule has 4 aliphatic rings. The smallest absolute Gasteiger partial charge is 0.335 e. The Balaban J connectivity index is 1.16. The second-order valence-corrected chi connectivity index (χ2v) is 16.0. The van der Waals surface area contributed by atoms with Crippen LogP contribution in [0.4, 0.5) is 0 Å². The van der Waals surface area contributed by atoms with Gasteiger partial charge in [0.2, 0.25) is 0 Å². The largest absolute Gasteiger partial charge is 0.479 e. The minimum Gasteiger partial charge on any atom is -0.479 e. The lowest BCUT2D eigenvalue weighted by atomic mass is 9.94. The molecule has 0 aromatic heterocycles. The zero-order valence-corrected chi connectivity index (χ0v) is 35.5. The van der Waals surface area contributed by atoms with Crippen LogP contribution in [0.3, 0.4) is 0 Å². The Bertz CT molecular complexity index is 2250. The average molecular weight is 911 g/mol. The fraction of sp³-hybridized carbons (Fsp3) is 0.457. The van der Waals surface area contributed by atoms with Gasteiger partial charge < -0.3 is 62.7 Å². The van der Waals surface area contributed by atoms with Gasteiger partial charge in [0.15, 0.2) is 25.0 Å². The molecule has 4 aromatic carbocycles. The number of benzene rings is 4. The molecule has 0 saturated carbocycles. The number of aliphatic carboxylic acids is 1. The Morgan fingerprint density at radius 1 is 0.591 bits per heavy atom. The Morgan fingerprint density at radius 2 is 1.06 bits per heavy atom. The summed E-state index contributed by atoms with van der Waals surface area (Å²) in [4.78, 5) is 19.5. The van der Waals surface area contributed by atoms with E-state index in [4.69, 9.17) is 47.4 Å². The Morgan fingerprint density at radius 3 is 1.56 bits per heavy atom. The van der Waals surface area contributed by atoms with E-state index in [-0.39, 0.29) is 33.0 Å². The van der Waals surface area contributed by atoms with E-state index in [0.29, 0.717) is 5.56 Å². The monoisotopic (exact) mass is 910 g/mol. The molecule has 0 aliphatic carbocycles. The summed E-state index contributed by atoms with van der Waals surface area (Å²) < 4.78 is 63.5. The summed E-state index contributed by atoms with van der Waals surface area (Å²) in [6, 6.07) is 34.2. The van der Waals surface area contributed by atoms with Crippen molar-refractivity contribution in [3.63, 3.8) is 0 Å². The summed E-state index contributed by atoms with van der Waals surface area (Å²) in [5.41, 5.74) is 22.4. The minimum atomic E-state index is -1.90. The van der Waals surface area contributed by atoms with Crippen LogP contribution in [0, 0.1) is 0 Å². The number of hydrogen-bond acceptors (Lipinski definition) is 15. The fourth-order valence-electron chi connectivity index (χ4n) is 8.45. The molecule has 0 spiro atoms. The first-order chi connectivity index (χ1) is 32.3. The molecule has 0 amide bonds. The van der Waals surface area contributed by atoms with Crippen LogP contribution in [0.25, 0.3) is 20.9 Å². The van der Waals surface area contributed by atoms with E-state index in [9.17, 15) is 31.2 Å². The predicted octanol–water partition coefficient (Wildman–Crippen LogP) is 5.10. The summed E-state index contributed by atoms with van der Waals surface area (Å²) in [6.45, 7) is -0.650. The van der Waals surface area contributed by atoms with E-state index in [1.54, 1.807) is 0 Å². The number of carbonyl (C=O) groups is 1. The van der Waals surface area contributed by atoms with E-state index in [2.05, 4.69) is 20.1 Å². The molecule has 8 rings (SSSR count). The quantitative estimate of drug-likeness (QED) is 0.0592. The second kappa shape index (κ2) is 22.8. The summed E-state index contributed by atoms with van der Waals surface area (Å²) in [7, 11) is 0. The first kappa shape index (κ1) is 47.0. The summed E-state index contributed by atoms with van der Waals surface area (Å²) in [6.07, 6.45) is -17.3. The molecule has 4 fully saturated rings. The SMILES string of the molecule is [N-]=[N+]=NC1C2OCC(O2)C(OC2OC(C(=O)O)C(OC3OC(CO)C(OCc4ccccc4)C(OCc4ccccc4)C3N=[N+]=[N-])C(OCc3ccccc3)C2OCc2ccccc2)C1O. The average Bonchev–Trinajstić information content (AvgIpc) is 3.79. The molecular weight excluding hydrogens is 861 g/mol.